The molecule has 3 N–H and O–H groups in total. The molecule has 0 saturated heterocycles. The highest BCUT2D eigenvalue weighted by Crippen LogP contribution is 2.26. The highest BCUT2D eigenvalue weighted by molar-refractivity contribution is 7.92. The Morgan fingerprint density at radius 2 is 2.05 bits per heavy atom. The number of ether oxygens (including phenoxy) is 1. The van der Waals surface area contributed by atoms with Crippen LogP contribution in [0.5, 0.6) is 5.75 Å². The zero-order chi connectivity index (χ0) is 15.5. The van der Waals surface area contributed by atoms with Crippen molar-refractivity contribution in [3.05, 3.63) is 47.8 Å². The maximum absolute atomic E-state index is 12.5. The molecule has 0 aliphatic carbocycles. The van der Waals surface area contributed by atoms with E-state index in [1.807, 2.05) is 0 Å². The van der Waals surface area contributed by atoms with Gasteiger partial charge in [-0.15, -0.1) is 0 Å². The second-order valence-electron chi connectivity index (χ2n) is 4.48. The maximum Gasteiger partial charge on any atom is 0.265 e. The van der Waals surface area contributed by atoms with Gasteiger partial charge in [0.2, 0.25) is 0 Å². The summed E-state index contributed by atoms with van der Waals surface area (Å²) in [6.07, 6.45) is 1.54. The average Bonchev–Trinajstić information content (AvgIpc) is 2.46. The number of rotatable bonds is 5. The molecule has 1 aromatic carbocycles. The van der Waals surface area contributed by atoms with Crippen LogP contribution in [0.25, 0.3) is 0 Å². The minimum absolute atomic E-state index is 0.0578. The Labute approximate surface area is 124 Å². The van der Waals surface area contributed by atoms with E-state index >= 15 is 0 Å². The molecule has 0 amide bonds. The van der Waals surface area contributed by atoms with E-state index in [4.69, 9.17) is 10.5 Å². The van der Waals surface area contributed by atoms with Gasteiger partial charge in [0.25, 0.3) is 10.0 Å². The van der Waals surface area contributed by atoms with Gasteiger partial charge in [-0.25, -0.2) is 8.42 Å². The number of nitrogens with zero attached hydrogens (tertiary/aromatic N) is 1. The quantitative estimate of drug-likeness (QED) is 0.876. The zero-order valence-electron chi connectivity index (χ0n) is 11.8. The first-order valence-corrected chi connectivity index (χ1v) is 7.77. The summed E-state index contributed by atoms with van der Waals surface area (Å²) in [7, 11) is -2.34. The van der Waals surface area contributed by atoms with Gasteiger partial charge in [0, 0.05) is 18.4 Å². The van der Waals surface area contributed by atoms with Crippen molar-refractivity contribution in [2.45, 2.75) is 18.4 Å². The van der Waals surface area contributed by atoms with Crippen molar-refractivity contribution in [2.75, 3.05) is 11.8 Å². The largest absolute Gasteiger partial charge is 0.495 e. The lowest BCUT2D eigenvalue weighted by Gasteiger charge is -2.13. The summed E-state index contributed by atoms with van der Waals surface area (Å²) in [5.74, 6) is 0.269. The average molecular weight is 307 g/mol. The lowest BCUT2D eigenvalue weighted by Crippen LogP contribution is -2.15. The number of aryl methyl sites for hydroxylation is 1. The molecule has 0 aliphatic heterocycles. The highest BCUT2D eigenvalue weighted by Gasteiger charge is 2.20. The van der Waals surface area contributed by atoms with Crippen molar-refractivity contribution in [1.82, 2.24) is 4.98 Å². The topological polar surface area (TPSA) is 94.3 Å². The predicted molar refractivity (Wildman–Crippen MR) is 80.7 cm³/mol. The Morgan fingerprint density at radius 1 is 1.29 bits per heavy atom. The lowest BCUT2D eigenvalue weighted by molar-refractivity contribution is 0.402. The van der Waals surface area contributed by atoms with E-state index in [1.54, 1.807) is 37.4 Å². The number of methoxy groups -OCH3 is 1. The third kappa shape index (κ3) is 3.50. The molecule has 112 valence electrons. The Morgan fingerprint density at radius 3 is 2.67 bits per heavy atom. The first-order chi connectivity index (χ1) is 9.96. The van der Waals surface area contributed by atoms with E-state index in [0.29, 0.717) is 11.3 Å². The summed E-state index contributed by atoms with van der Waals surface area (Å²) in [5, 5.41) is 0. The van der Waals surface area contributed by atoms with Crippen molar-refractivity contribution in [3.63, 3.8) is 0 Å². The van der Waals surface area contributed by atoms with E-state index in [0.717, 1.165) is 5.69 Å². The molecule has 0 radical (unpaired) electrons. The molecule has 0 unspecified atom stereocenters. The molecule has 0 fully saturated rings. The lowest BCUT2D eigenvalue weighted by atomic mass is 10.2. The Hall–Kier alpha value is -2.12. The Balaban J connectivity index is 2.43. The van der Waals surface area contributed by atoms with Gasteiger partial charge < -0.3 is 10.5 Å². The predicted octanol–water partition coefficient (Wildman–Crippen LogP) is 1.66. The molecule has 1 aromatic heterocycles. The second kappa shape index (κ2) is 6.11. The standard InChI is InChI=1S/C14H17N3O3S/c1-10-7-12(5-6-16-10)17-21(18,19)14-8-11(9-15)3-4-13(14)20-2/h3-8H,9,15H2,1-2H3,(H,16,17). The van der Waals surface area contributed by atoms with Crippen LogP contribution in [0.1, 0.15) is 11.3 Å². The van der Waals surface area contributed by atoms with Gasteiger partial charge in [-0.3, -0.25) is 9.71 Å². The van der Waals surface area contributed by atoms with Gasteiger partial charge in [0.05, 0.1) is 12.8 Å². The maximum atomic E-state index is 12.5. The van der Waals surface area contributed by atoms with E-state index in [1.165, 1.54) is 13.2 Å². The molecule has 0 aliphatic rings. The molecular formula is C14H17N3O3S. The molecule has 1 heterocycles. The fraction of sp³-hybridized carbons (Fsp3) is 0.214. The summed E-state index contributed by atoms with van der Waals surface area (Å²) < 4.78 is 32.6. The van der Waals surface area contributed by atoms with Gasteiger partial charge in [0.1, 0.15) is 10.6 Å². The van der Waals surface area contributed by atoms with Gasteiger partial charge >= 0.3 is 0 Å². The summed E-state index contributed by atoms with van der Waals surface area (Å²) in [6, 6.07) is 8.07. The van der Waals surface area contributed by atoms with Crippen LogP contribution in [0.4, 0.5) is 5.69 Å². The van der Waals surface area contributed by atoms with Crippen molar-refractivity contribution < 1.29 is 13.2 Å². The number of benzene rings is 1. The van der Waals surface area contributed by atoms with Gasteiger partial charge in [-0.1, -0.05) is 6.07 Å². The number of anilines is 1. The fourth-order valence-electron chi connectivity index (χ4n) is 1.88. The molecule has 2 rings (SSSR count). The van der Waals surface area contributed by atoms with Crippen molar-refractivity contribution in [3.8, 4) is 5.75 Å². The molecule has 0 atom stereocenters. The first kappa shape index (κ1) is 15.3. The van der Waals surface area contributed by atoms with Crippen molar-refractivity contribution >= 4 is 15.7 Å². The van der Waals surface area contributed by atoms with Crippen LogP contribution in [0.2, 0.25) is 0 Å². The second-order valence-corrected chi connectivity index (χ2v) is 6.13. The summed E-state index contributed by atoms with van der Waals surface area (Å²) in [6.45, 7) is 2.04. The van der Waals surface area contributed by atoms with Crippen molar-refractivity contribution in [1.29, 1.82) is 0 Å². The molecule has 6 nitrogen and oxygen atoms in total. The zero-order valence-corrected chi connectivity index (χ0v) is 12.6. The van der Waals surface area contributed by atoms with E-state index in [-0.39, 0.29) is 17.2 Å². The Bertz CT molecular complexity index is 745. The van der Waals surface area contributed by atoms with Crippen LogP contribution >= 0.6 is 0 Å². The highest BCUT2D eigenvalue weighted by atomic mass is 32.2. The van der Waals surface area contributed by atoms with Gasteiger partial charge in [-0.2, -0.15) is 0 Å². The van der Waals surface area contributed by atoms with Crippen molar-refractivity contribution in [2.24, 2.45) is 5.73 Å². The first-order valence-electron chi connectivity index (χ1n) is 6.28. The smallest absolute Gasteiger partial charge is 0.265 e. The number of pyridine rings is 1. The molecule has 21 heavy (non-hydrogen) atoms. The molecule has 0 saturated carbocycles. The number of hydrogen-bond donors (Lipinski definition) is 2. The minimum atomic E-state index is -3.76. The van der Waals surface area contributed by atoms with Crippen LogP contribution < -0.4 is 15.2 Å². The summed E-state index contributed by atoms with van der Waals surface area (Å²) in [4.78, 5) is 4.09. The number of nitrogens with one attached hydrogen (secondary N) is 1. The van der Waals surface area contributed by atoms with Gasteiger partial charge in [0.15, 0.2) is 0 Å². The van der Waals surface area contributed by atoms with Crippen LogP contribution in [-0.2, 0) is 16.6 Å². The number of hydrogen-bond acceptors (Lipinski definition) is 5. The molecule has 2 aromatic rings. The van der Waals surface area contributed by atoms with Crippen LogP contribution in [-0.4, -0.2) is 20.5 Å². The molecule has 7 heteroatoms. The van der Waals surface area contributed by atoms with E-state index < -0.39 is 10.0 Å². The monoisotopic (exact) mass is 307 g/mol. The number of aromatic nitrogens is 1. The third-order valence-electron chi connectivity index (χ3n) is 2.90. The normalized spacial score (nSPS) is 11.2. The fourth-order valence-corrected chi connectivity index (χ4v) is 3.15. The Kier molecular flexibility index (Phi) is 4.44. The molecule has 0 bridgehead atoms. The molecule has 0 spiro atoms. The van der Waals surface area contributed by atoms with Gasteiger partial charge in [-0.05, 0) is 36.8 Å². The van der Waals surface area contributed by atoms with E-state index in [2.05, 4.69) is 9.71 Å². The van der Waals surface area contributed by atoms with Crippen LogP contribution in [0.15, 0.2) is 41.4 Å². The van der Waals surface area contributed by atoms with Crippen LogP contribution in [0, 0.1) is 6.92 Å². The minimum Gasteiger partial charge on any atom is -0.495 e. The third-order valence-corrected chi connectivity index (χ3v) is 4.30. The molecular weight excluding hydrogens is 290 g/mol. The summed E-state index contributed by atoms with van der Waals surface area (Å²) >= 11 is 0. The summed E-state index contributed by atoms with van der Waals surface area (Å²) in [5.41, 5.74) is 7.44. The van der Waals surface area contributed by atoms with E-state index in [9.17, 15) is 8.42 Å². The van der Waals surface area contributed by atoms with Crippen LogP contribution in [0.3, 0.4) is 0 Å². The number of sulfonamides is 1. The SMILES string of the molecule is COc1ccc(CN)cc1S(=O)(=O)Nc1ccnc(C)c1. The number of nitrogens with two attached hydrogens (primary N) is 1.